The molecule has 2 aromatic rings. The molecule has 2 aromatic carbocycles. The molecule has 0 fully saturated rings. The van der Waals surface area contributed by atoms with E-state index in [0.717, 1.165) is 22.8 Å². The molecule has 1 N–H and O–H groups in total. The van der Waals surface area contributed by atoms with Crippen LogP contribution in [0.2, 0.25) is 0 Å². The zero-order valence-corrected chi connectivity index (χ0v) is 11.2. The van der Waals surface area contributed by atoms with Crippen molar-refractivity contribution in [2.45, 2.75) is 20.0 Å². The van der Waals surface area contributed by atoms with Crippen molar-refractivity contribution >= 4 is 0 Å². The highest BCUT2D eigenvalue weighted by molar-refractivity contribution is 5.36. The van der Waals surface area contributed by atoms with Crippen LogP contribution in [-0.4, -0.2) is 11.7 Å². The van der Waals surface area contributed by atoms with E-state index in [1.807, 2.05) is 55.5 Å². The van der Waals surface area contributed by atoms with E-state index in [1.54, 1.807) is 6.92 Å². The van der Waals surface area contributed by atoms with Gasteiger partial charge in [-0.1, -0.05) is 12.1 Å². The molecule has 0 amide bonds. The molecular formula is C16H18O3. The second-order valence-corrected chi connectivity index (χ2v) is 4.25. The Morgan fingerprint density at radius 3 is 1.84 bits per heavy atom. The lowest BCUT2D eigenvalue weighted by Crippen LogP contribution is -1.92. The summed E-state index contributed by atoms with van der Waals surface area (Å²) in [5, 5.41) is 9.43. The molecule has 0 aliphatic heterocycles. The molecule has 0 aromatic heterocycles. The molecule has 0 heterocycles. The molecule has 1 atom stereocenters. The zero-order valence-electron chi connectivity index (χ0n) is 11.2. The monoisotopic (exact) mass is 258 g/mol. The Balaban J connectivity index is 2.04. The molecule has 0 saturated heterocycles. The van der Waals surface area contributed by atoms with E-state index >= 15 is 0 Å². The molecule has 0 aliphatic carbocycles. The van der Waals surface area contributed by atoms with Crippen molar-refractivity contribution in [2.24, 2.45) is 0 Å². The fourth-order valence-corrected chi connectivity index (χ4v) is 1.72. The van der Waals surface area contributed by atoms with E-state index < -0.39 is 6.10 Å². The van der Waals surface area contributed by atoms with Crippen LogP contribution >= 0.6 is 0 Å². The number of hydrogen-bond donors (Lipinski definition) is 1. The first kappa shape index (κ1) is 13.4. The maximum Gasteiger partial charge on any atom is 0.127 e. The van der Waals surface area contributed by atoms with Crippen LogP contribution in [0.1, 0.15) is 25.5 Å². The van der Waals surface area contributed by atoms with Crippen molar-refractivity contribution in [2.75, 3.05) is 6.61 Å². The van der Waals surface area contributed by atoms with Gasteiger partial charge in [-0.2, -0.15) is 0 Å². The Kier molecular flexibility index (Phi) is 4.42. The van der Waals surface area contributed by atoms with Gasteiger partial charge in [0.2, 0.25) is 0 Å². The van der Waals surface area contributed by atoms with E-state index in [0.29, 0.717) is 6.61 Å². The van der Waals surface area contributed by atoms with Gasteiger partial charge in [0.1, 0.15) is 17.2 Å². The highest BCUT2D eigenvalue weighted by Gasteiger charge is 2.02. The number of benzene rings is 2. The lowest BCUT2D eigenvalue weighted by molar-refractivity contribution is 0.199. The molecule has 0 spiro atoms. The maximum absolute atomic E-state index is 9.43. The quantitative estimate of drug-likeness (QED) is 0.883. The number of hydrogen-bond acceptors (Lipinski definition) is 3. The second-order valence-electron chi connectivity index (χ2n) is 4.25. The highest BCUT2D eigenvalue weighted by atomic mass is 16.5. The predicted molar refractivity (Wildman–Crippen MR) is 74.8 cm³/mol. The van der Waals surface area contributed by atoms with Crippen molar-refractivity contribution < 1.29 is 14.6 Å². The largest absolute Gasteiger partial charge is 0.494 e. The van der Waals surface area contributed by atoms with Gasteiger partial charge >= 0.3 is 0 Å². The van der Waals surface area contributed by atoms with Crippen molar-refractivity contribution in [3.63, 3.8) is 0 Å². The van der Waals surface area contributed by atoms with Crippen molar-refractivity contribution in [3.8, 4) is 17.2 Å². The second kappa shape index (κ2) is 6.25. The van der Waals surface area contributed by atoms with Crippen LogP contribution in [-0.2, 0) is 0 Å². The van der Waals surface area contributed by atoms with Gasteiger partial charge in [0.15, 0.2) is 0 Å². The summed E-state index contributed by atoms with van der Waals surface area (Å²) in [7, 11) is 0. The summed E-state index contributed by atoms with van der Waals surface area (Å²) < 4.78 is 11.1. The van der Waals surface area contributed by atoms with E-state index in [-0.39, 0.29) is 0 Å². The minimum absolute atomic E-state index is 0.459. The molecule has 2 rings (SSSR count). The van der Waals surface area contributed by atoms with Crippen molar-refractivity contribution in [3.05, 3.63) is 54.1 Å². The summed E-state index contributed by atoms with van der Waals surface area (Å²) in [6.07, 6.45) is -0.459. The van der Waals surface area contributed by atoms with Crippen LogP contribution in [0, 0.1) is 0 Å². The Bertz CT molecular complexity index is 501. The SMILES string of the molecule is CCOc1ccc(Oc2ccc([C@H](C)O)cc2)cc1. The van der Waals surface area contributed by atoms with Crippen LogP contribution in [0.25, 0.3) is 0 Å². The standard InChI is InChI=1S/C16H18O3/c1-3-18-14-8-10-16(11-9-14)19-15-6-4-13(5-7-15)12(2)17/h4-12,17H,3H2,1-2H3/t12-/m0/s1. The van der Waals surface area contributed by atoms with Gasteiger partial charge in [0, 0.05) is 0 Å². The Morgan fingerprint density at radius 2 is 1.37 bits per heavy atom. The van der Waals surface area contributed by atoms with Crippen LogP contribution in [0.5, 0.6) is 17.2 Å². The zero-order chi connectivity index (χ0) is 13.7. The number of rotatable bonds is 5. The van der Waals surface area contributed by atoms with Crippen LogP contribution in [0.4, 0.5) is 0 Å². The van der Waals surface area contributed by atoms with E-state index in [9.17, 15) is 5.11 Å². The first-order valence-electron chi connectivity index (χ1n) is 6.38. The lowest BCUT2D eigenvalue weighted by atomic mass is 10.1. The molecule has 0 unspecified atom stereocenters. The minimum atomic E-state index is -0.459. The van der Waals surface area contributed by atoms with Gasteiger partial charge in [-0.05, 0) is 55.8 Å². The van der Waals surface area contributed by atoms with Gasteiger partial charge in [-0.25, -0.2) is 0 Å². The summed E-state index contributed by atoms with van der Waals surface area (Å²) in [5.74, 6) is 2.33. The van der Waals surface area contributed by atoms with E-state index in [2.05, 4.69) is 0 Å². The fourth-order valence-electron chi connectivity index (χ4n) is 1.72. The Morgan fingerprint density at radius 1 is 0.895 bits per heavy atom. The summed E-state index contributed by atoms with van der Waals surface area (Å²) in [6.45, 7) is 4.34. The highest BCUT2D eigenvalue weighted by Crippen LogP contribution is 2.25. The Labute approximate surface area is 113 Å². The smallest absolute Gasteiger partial charge is 0.127 e. The number of aliphatic hydroxyl groups excluding tert-OH is 1. The van der Waals surface area contributed by atoms with Gasteiger partial charge in [0.05, 0.1) is 12.7 Å². The average molecular weight is 258 g/mol. The van der Waals surface area contributed by atoms with Crippen molar-refractivity contribution in [1.29, 1.82) is 0 Å². The molecule has 100 valence electrons. The predicted octanol–water partition coefficient (Wildman–Crippen LogP) is 3.93. The minimum Gasteiger partial charge on any atom is -0.494 e. The normalized spacial score (nSPS) is 11.9. The maximum atomic E-state index is 9.43. The summed E-state index contributed by atoms with van der Waals surface area (Å²) in [5.41, 5.74) is 0.874. The van der Waals surface area contributed by atoms with Gasteiger partial charge < -0.3 is 14.6 Å². The fraction of sp³-hybridized carbons (Fsp3) is 0.250. The summed E-state index contributed by atoms with van der Waals surface area (Å²) in [4.78, 5) is 0. The third-order valence-corrected chi connectivity index (χ3v) is 2.73. The van der Waals surface area contributed by atoms with Crippen LogP contribution < -0.4 is 9.47 Å². The lowest BCUT2D eigenvalue weighted by Gasteiger charge is -2.09. The van der Waals surface area contributed by atoms with Crippen molar-refractivity contribution in [1.82, 2.24) is 0 Å². The Hall–Kier alpha value is -2.00. The van der Waals surface area contributed by atoms with Crippen LogP contribution in [0.15, 0.2) is 48.5 Å². The van der Waals surface area contributed by atoms with E-state index in [4.69, 9.17) is 9.47 Å². The summed E-state index contributed by atoms with van der Waals surface area (Å²) in [6, 6.07) is 14.9. The van der Waals surface area contributed by atoms with Gasteiger partial charge in [-0.15, -0.1) is 0 Å². The van der Waals surface area contributed by atoms with Gasteiger partial charge in [-0.3, -0.25) is 0 Å². The molecule has 0 saturated carbocycles. The first-order chi connectivity index (χ1) is 9.19. The molecule has 0 bridgehead atoms. The summed E-state index contributed by atoms with van der Waals surface area (Å²) >= 11 is 0. The molecule has 0 radical (unpaired) electrons. The molecule has 3 nitrogen and oxygen atoms in total. The topological polar surface area (TPSA) is 38.7 Å². The molecule has 19 heavy (non-hydrogen) atoms. The third kappa shape index (κ3) is 3.73. The molecular weight excluding hydrogens is 240 g/mol. The number of ether oxygens (including phenoxy) is 2. The average Bonchev–Trinajstić information content (AvgIpc) is 2.42. The third-order valence-electron chi connectivity index (χ3n) is 2.73. The molecule has 3 heteroatoms. The molecule has 0 aliphatic rings. The van der Waals surface area contributed by atoms with E-state index in [1.165, 1.54) is 0 Å². The van der Waals surface area contributed by atoms with Crippen LogP contribution in [0.3, 0.4) is 0 Å². The number of aliphatic hydroxyl groups is 1. The first-order valence-corrected chi connectivity index (χ1v) is 6.38. The van der Waals surface area contributed by atoms with Gasteiger partial charge in [0.25, 0.3) is 0 Å².